The summed E-state index contributed by atoms with van der Waals surface area (Å²) in [6, 6.07) is 7.64. The second-order valence-electron chi connectivity index (χ2n) is 5.12. The Hall–Kier alpha value is -1.22. The van der Waals surface area contributed by atoms with Crippen LogP contribution in [-0.4, -0.2) is 11.5 Å². The fourth-order valence-corrected chi connectivity index (χ4v) is 1.66. The quantitative estimate of drug-likeness (QED) is 0.629. The van der Waals surface area contributed by atoms with Crippen molar-refractivity contribution >= 4 is 17.6 Å². The van der Waals surface area contributed by atoms with Crippen LogP contribution in [0.5, 0.6) is 0 Å². The zero-order valence-corrected chi connectivity index (χ0v) is 11.5. The molecule has 0 bridgehead atoms. The Labute approximate surface area is 108 Å². The van der Waals surface area contributed by atoms with Gasteiger partial charge in [0.15, 0.2) is 5.96 Å². The molecule has 0 heterocycles. The van der Waals surface area contributed by atoms with Crippen molar-refractivity contribution in [3.8, 4) is 0 Å². The van der Waals surface area contributed by atoms with Crippen LogP contribution in [0.15, 0.2) is 29.3 Å². The topological polar surface area (TPSA) is 50.4 Å². The maximum absolute atomic E-state index is 5.94. The van der Waals surface area contributed by atoms with Crippen LogP contribution in [0.2, 0.25) is 5.02 Å². The standard InChI is InChI=1S/C13H20ClN3/c1-9(10-6-5-7-11(14)8-10)16-12(15)17-13(2,3)4/h5-9H,1-4H3,(H3,15,16,17). The van der Waals surface area contributed by atoms with E-state index in [0.29, 0.717) is 11.0 Å². The summed E-state index contributed by atoms with van der Waals surface area (Å²) in [6.45, 7) is 8.11. The van der Waals surface area contributed by atoms with Gasteiger partial charge in [0.1, 0.15) is 0 Å². The molecule has 0 saturated carbocycles. The van der Waals surface area contributed by atoms with Crippen LogP contribution in [0.25, 0.3) is 0 Å². The van der Waals surface area contributed by atoms with E-state index in [1.54, 1.807) is 0 Å². The molecule has 0 radical (unpaired) electrons. The molecule has 0 aromatic heterocycles. The summed E-state index contributed by atoms with van der Waals surface area (Å²) >= 11 is 5.94. The van der Waals surface area contributed by atoms with Crippen molar-refractivity contribution in [1.29, 1.82) is 0 Å². The fraction of sp³-hybridized carbons (Fsp3) is 0.462. The third-order valence-corrected chi connectivity index (χ3v) is 2.40. The van der Waals surface area contributed by atoms with Crippen molar-refractivity contribution in [1.82, 2.24) is 5.32 Å². The number of nitrogens with one attached hydrogen (secondary N) is 1. The van der Waals surface area contributed by atoms with E-state index in [-0.39, 0.29) is 11.6 Å². The molecule has 1 atom stereocenters. The van der Waals surface area contributed by atoms with Crippen molar-refractivity contribution in [2.45, 2.75) is 39.3 Å². The number of aliphatic imine (C=N–C) groups is 1. The van der Waals surface area contributed by atoms with Crippen molar-refractivity contribution in [2.24, 2.45) is 10.7 Å². The number of hydrogen-bond acceptors (Lipinski definition) is 1. The molecular formula is C13H20ClN3. The largest absolute Gasteiger partial charge is 0.370 e. The first kappa shape index (κ1) is 13.8. The number of benzene rings is 1. The van der Waals surface area contributed by atoms with Crippen LogP contribution >= 0.6 is 11.6 Å². The summed E-state index contributed by atoms with van der Waals surface area (Å²) in [4.78, 5) is 4.40. The van der Waals surface area contributed by atoms with Crippen LogP contribution in [0.1, 0.15) is 39.3 Å². The lowest BCUT2D eigenvalue weighted by Gasteiger charge is -2.22. The van der Waals surface area contributed by atoms with Gasteiger partial charge in [0.2, 0.25) is 0 Å². The van der Waals surface area contributed by atoms with Gasteiger partial charge in [-0.2, -0.15) is 0 Å². The average molecular weight is 254 g/mol. The second kappa shape index (κ2) is 5.41. The molecule has 4 heteroatoms. The lowest BCUT2D eigenvalue weighted by Crippen LogP contribution is -2.45. The summed E-state index contributed by atoms with van der Waals surface area (Å²) in [7, 11) is 0. The minimum atomic E-state index is -0.0817. The van der Waals surface area contributed by atoms with Crippen molar-refractivity contribution in [3.05, 3.63) is 34.9 Å². The van der Waals surface area contributed by atoms with Crippen LogP contribution < -0.4 is 11.1 Å². The molecule has 1 aromatic carbocycles. The molecule has 0 aliphatic rings. The van der Waals surface area contributed by atoms with Gasteiger partial charge >= 0.3 is 0 Å². The van der Waals surface area contributed by atoms with E-state index in [1.165, 1.54) is 0 Å². The van der Waals surface area contributed by atoms with E-state index < -0.39 is 0 Å². The first-order valence-electron chi connectivity index (χ1n) is 5.65. The third kappa shape index (κ3) is 5.09. The Kier molecular flexibility index (Phi) is 4.40. The van der Waals surface area contributed by atoms with Gasteiger partial charge in [0, 0.05) is 10.6 Å². The van der Waals surface area contributed by atoms with Gasteiger partial charge in [0.25, 0.3) is 0 Å². The summed E-state index contributed by atoms with van der Waals surface area (Å²) in [5.41, 5.74) is 6.81. The van der Waals surface area contributed by atoms with Crippen molar-refractivity contribution in [3.63, 3.8) is 0 Å². The first-order chi connectivity index (χ1) is 7.78. The molecular weight excluding hydrogens is 234 g/mol. The highest BCUT2D eigenvalue weighted by atomic mass is 35.5. The molecule has 1 rings (SSSR count). The zero-order chi connectivity index (χ0) is 13.1. The summed E-state index contributed by atoms with van der Waals surface area (Å²) in [5.74, 6) is 0.449. The van der Waals surface area contributed by atoms with Crippen LogP contribution in [0.4, 0.5) is 0 Å². The molecule has 0 amide bonds. The maximum Gasteiger partial charge on any atom is 0.189 e. The Bertz CT molecular complexity index is 407. The van der Waals surface area contributed by atoms with Crippen molar-refractivity contribution < 1.29 is 0 Å². The van der Waals surface area contributed by atoms with Crippen LogP contribution in [0, 0.1) is 0 Å². The summed E-state index contributed by atoms with van der Waals surface area (Å²) < 4.78 is 0. The molecule has 0 aliphatic heterocycles. The Morgan fingerprint density at radius 3 is 2.59 bits per heavy atom. The lowest BCUT2D eigenvalue weighted by atomic mass is 10.1. The van der Waals surface area contributed by atoms with Gasteiger partial charge in [-0.05, 0) is 45.4 Å². The molecule has 3 nitrogen and oxygen atoms in total. The normalized spacial score (nSPS) is 14.5. The van der Waals surface area contributed by atoms with Gasteiger partial charge in [0.05, 0.1) is 6.04 Å². The van der Waals surface area contributed by atoms with E-state index >= 15 is 0 Å². The monoisotopic (exact) mass is 253 g/mol. The third-order valence-electron chi connectivity index (χ3n) is 2.17. The van der Waals surface area contributed by atoms with Crippen LogP contribution in [0.3, 0.4) is 0 Å². The number of nitrogens with two attached hydrogens (primary N) is 1. The lowest BCUT2D eigenvalue weighted by molar-refractivity contribution is 0.507. The fourth-order valence-electron chi connectivity index (χ4n) is 1.47. The molecule has 3 N–H and O–H groups in total. The maximum atomic E-state index is 5.94. The Balaban J connectivity index is 2.77. The molecule has 0 aliphatic carbocycles. The Morgan fingerprint density at radius 1 is 1.41 bits per heavy atom. The molecule has 1 aromatic rings. The van der Waals surface area contributed by atoms with E-state index in [9.17, 15) is 0 Å². The Morgan fingerprint density at radius 2 is 2.06 bits per heavy atom. The summed E-state index contributed by atoms with van der Waals surface area (Å²) in [5, 5.41) is 3.84. The highest BCUT2D eigenvalue weighted by Crippen LogP contribution is 2.20. The molecule has 94 valence electrons. The van der Waals surface area contributed by atoms with E-state index in [1.807, 2.05) is 52.0 Å². The second-order valence-corrected chi connectivity index (χ2v) is 5.56. The average Bonchev–Trinajstić information content (AvgIpc) is 2.14. The molecule has 0 saturated heterocycles. The predicted octanol–water partition coefficient (Wildman–Crippen LogP) is 3.10. The minimum absolute atomic E-state index is 0.0106. The summed E-state index contributed by atoms with van der Waals surface area (Å²) in [6.07, 6.45) is 0. The van der Waals surface area contributed by atoms with E-state index in [2.05, 4.69) is 10.3 Å². The molecule has 0 fully saturated rings. The van der Waals surface area contributed by atoms with Crippen molar-refractivity contribution in [2.75, 3.05) is 0 Å². The molecule has 17 heavy (non-hydrogen) atoms. The number of rotatable bonds is 2. The van der Waals surface area contributed by atoms with Gasteiger partial charge in [-0.3, -0.25) is 0 Å². The number of halogens is 1. The minimum Gasteiger partial charge on any atom is -0.370 e. The number of nitrogens with zero attached hydrogens (tertiary/aromatic N) is 1. The zero-order valence-electron chi connectivity index (χ0n) is 10.8. The number of hydrogen-bond donors (Lipinski definition) is 2. The van der Waals surface area contributed by atoms with E-state index in [0.717, 1.165) is 5.56 Å². The van der Waals surface area contributed by atoms with Gasteiger partial charge in [-0.1, -0.05) is 23.7 Å². The smallest absolute Gasteiger partial charge is 0.189 e. The van der Waals surface area contributed by atoms with Gasteiger partial charge in [-0.25, -0.2) is 4.99 Å². The van der Waals surface area contributed by atoms with E-state index in [4.69, 9.17) is 17.3 Å². The highest BCUT2D eigenvalue weighted by Gasteiger charge is 2.11. The SMILES string of the molecule is CC(N=C(N)NC(C)(C)C)c1cccc(Cl)c1. The predicted molar refractivity (Wildman–Crippen MR) is 74.4 cm³/mol. The molecule has 0 spiro atoms. The first-order valence-corrected chi connectivity index (χ1v) is 6.02. The van der Waals surface area contributed by atoms with Gasteiger partial charge in [-0.15, -0.1) is 0 Å². The molecule has 1 unspecified atom stereocenters. The highest BCUT2D eigenvalue weighted by molar-refractivity contribution is 6.30. The number of guanidine groups is 1. The van der Waals surface area contributed by atoms with Crippen LogP contribution in [-0.2, 0) is 0 Å². The van der Waals surface area contributed by atoms with Gasteiger partial charge < -0.3 is 11.1 Å².